The van der Waals surface area contributed by atoms with E-state index in [2.05, 4.69) is 4.98 Å². The van der Waals surface area contributed by atoms with Crippen molar-refractivity contribution >= 4 is 23.2 Å². The molecule has 1 aromatic carbocycles. The van der Waals surface area contributed by atoms with Crippen LogP contribution in [0.3, 0.4) is 0 Å². The molecule has 19 heavy (non-hydrogen) atoms. The Kier molecular flexibility index (Phi) is 4.52. The first-order valence-electron chi connectivity index (χ1n) is 6.28. The van der Waals surface area contributed by atoms with E-state index >= 15 is 0 Å². The van der Waals surface area contributed by atoms with Crippen molar-refractivity contribution in [2.24, 2.45) is 0 Å². The average Bonchev–Trinajstić information content (AvgIpc) is 2.91. The third-order valence-corrected chi connectivity index (χ3v) is 3.47. The van der Waals surface area contributed by atoms with Crippen LogP contribution in [0.1, 0.15) is 13.8 Å². The van der Waals surface area contributed by atoms with Gasteiger partial charge in [-0.1, -0.05) is 79.5 Å². The van der Waals surface area contributed by atoms with Crippen LogP contribution in [0.15, 0.2) is 48.5 Å². The van der Waals surface area contributed by atoms with Gasteiger partial charge < -0.3 is 4.98 Å². The van der Waals surface area contributed by atoms with Crippen LogP contribution in [-0.4, -0.2) is 4.98 Å². The number of rotatable bonds is 1. The van der Waals surface area contributed by atoms with Crippen LogP contribution in [0.25, 0.3) is 22.4 Å². The number of hydrogen-bond acceptors (Lipinski definition) is 0. The molecule has 0 fully saturated rings. The van der Waals surface area contributed by atoms with E-state index in [4.69, 9.17) is 23.2 Å². The standard InChI is InChI=1S/C14H9Cl2N.C2H6/c15-13-10-7-4-8-11(10)17-14(16)12(13)9-5-2-1-3-6-9;1-2/h1-8,17H;1-2H3. The summed E-state index contributed by atoms with van der Waals surface area (Å²) in [5.41, 5.74) is 3.82. The van der Waals surface area contributed by atoms with Crippen LogP contribution >= 0.6 is 23.2 Å². The molecule has 0 radical (unpaired) electrons. The van der Waals surface area contributed by atoms with Gasteiger partial charge in [0, 0.05) is 16.8 Å². The maximum absolute atomic E-state index is 6.42. The van der Waals surface area contributed by atoms with E-state index in [1.54, 1.807) is 0 Å². The molecule has 98 valence electrons. The molecule has 3 rings (SSSR count). The lowest BCUT2D eigenvalue weighted by Crippen LogP contribution is -1.90. The lowest BCUT2D eigenvalue weighted by molar-refractivity contribution is 1.34. The van der Waals surface area contributed by atoms with Gasteiger partial charge in [-0.05, 0) is 11.6 Å². The summed E-state index contributed by atoms with van der Waals surface area (Å²) in [4.78, 5) is 3.16. The molecule has 0 atom stereocenters. The Balaban J connectivity index is 0.000000637. The lowest BCUT2D eigenvalue weighted by atomic mass is 10.0. The number of aromatic amines is 1. The summed E-state index contributed by atoms with van der Waals surface area (Å²) in [6, 6.07) is 15.8. The summed E-state index contributed by atoms with van der Waals surface area (Å²) in [6.45, 7) is 4.00. The SMILES string of the molecule is CC.Clc1[nH]c2cccc-2c(Cl)c1-c1ccccc1. The van der Waals surface area contributed by atoms with E-state index in [9.17, 15) is 0 Å². The van der Waals surface area contributed by atoms with E-state index in [0.29, 0.717) is 10.2 Å². The van der Waals surface area contributed by atoms with Crippen molar-refractivity contribution in [2.75, 3.05) is 0 Å². The van der Waals surface area contributed by atoms with Gasteiger partial charge >= 0.3 is 0 Å². The Morgan fingerprint density at radius 1 is 0.842 bits per heavy atom. The number of pyridine rings is 1. The zero-order valence-corrected chi connectivity index (χ0v) is 12.4. The molecule has 1 heterocycles. The van der Waals surface area contributed by atoms with Gasteiger partial charge in [0.1, 0.15) is 5.15 Å². The van der Waals surface area contributed by atoms with Crippen LogP contribution in [0.2, 0.25) is 10.2 Å². The molecule has 1 aliphatic heterocycles. The van der Waals surface area contributed by atoms with E-state index < -0.39 is 0 Å². The fraction of sp³-hybridized carbons (Fsp3) is 0.125. The van der Waals surface area contributed by atoms with Gasteiger partial charge in [-0.2, -0.15) is 0 Å². The Morgan fingerprint density at radius 3 is 2.21 bits per heavy atom. The molecule has 0 amide bonds. The van der Waals surface area contributed by atoms with Crippen LogP contribution in [0.5, 0.6) is 0 Å². The second-order valence-corrected chi connectivity index (χ2v) is 4.60. The van der Waals surface area contributed by atoms with E-state index in [-0.39, 0.29) is 0 Å². The molecule has 3 heteroatoms. The summed E-state index contributed by atoms with van der Waals surface area (Å²) in [5, 5.41) is 1.26. The molecular formula is C16H15Cl2N. The number of hydrogen-bond donors (Lipinski definition) is 1. The zero-order valence-electron chi connectivity index (χ0n) is 10.9. The minimum Gasteiger partial charge on any atom is -0.345 e. The van der Waals surface area contributed by atoms with E-state index in [0.717, 1.165) is 22.4 Å². The van der Waals surface area contributed by atoms with Crippen LogP contribution in [0, 0.1) is 0 Å². The number of nitrogens with one attached hydrogen (secondary N) is 1. The zero-order chi connectivity index (χ0) is 13.8. The van der Waals surface area contributed by atoms with Gasteiger partial charge in [-0.3, -0.25) is 0 Å². The molecule has 2 aliphatic rings. The summed E-state index contributed by atoms with van der Waals surface area (Å²) in [6.07, 6.45) is 0. The first kappa shape index (κ1) is 14.0. The quantitative estimate of drug-likeness (QED) is 0.520. The van der Waals surface area contributed by atoms with Crippen molar-refractivity contribution in [3.8, 4) is 22.4 Å². The maximum atomic E-state index is 6.42. The van der Waals surface area contributed by atoms with Gasteiger partial charge in [-0.25, -0.2) is 0 Å². The smallest absolute Gasteiger partial charge is 0.116 e. The first-order chi connectivity index (χ1) is 9.27. The molecule has 1 aromatic rings. The van der Waals surface area contributed by atoms with Crippen LogP contribution in [-0.2, 0) is 0 Å². The van der Waals surface area contributed by atoms with Crippen molar-refractivity contribution < 1.29 is 0 Å². The number of H-pyrrole nitrogens is 1. The summed E-state index contributed by atoms with van der Waals surface area (Å²) in [5.74, 6) is 0. The molecule has 0 saturated carbocycles. The number of fused-ring (bicyclic) bond motifs is 1. The number of halogens is 2. The third kappa shape index (κ3) is 2.63. The van der Waals surface area contributed by atoms with Gasteiger partial charge in [0.15, 0.2) is 0 Å². The van der Waals surface area contributed by atoms with E-state index in [1.165, 1.54) is 0 Å². The highest BCUT2D eigenvalue weighted by Crippen LogP contribution is 2.41. The Hall–Kier alpha value is -1.44. The topological polar surface area (TPSA) is 15.8 Å². The van der Waals surface area contributed by atoms with Gasteiger partial charge in [0.25, 0.3) is 0 Å². The monoisotopic (exact) mass is 291 g/mol. The average molecular weight is 292 g/mol. The highest BCUT2D eigenvalue weighted by atomic mass is 35.5. The highest BCUT2D eigenvalue weighted by Gasteiger charge is 2.16. The molecule has 0 bridgehead atoms. The molecule has 0 unspecified atom stereocenters. The Labute approximate surface area is 123 Å². The molecule has 0 aromatic heterocycles. The maximum Gasteiger partial charge on any atom is 0.116 e. The summed E-state index contributed by atoms with van der Waals surface area (Å²) < 4.78 is 0. The first-order valence-corrected chi connectivity index (χ1v) is 7.04. The predicted molar refractivity (Wildman–Crippen MR) is 84.2 cm³/mol. The van der Waals surface area contributed by atoms with Crippen molar-refractivity contribution in [3.05, 3.63) is 58.7 Å². The normalized spacial score (nSPS) is 10.1. The van der Waals surface area contributed by atoms with Crippen LogP contribution < -0.4 is 0 Å². The molecular weight excluding hydrogens is 277 g/mol. The van der Waals surface area contributed by atoms with Crippen molar-refractivity contribution in [1.29, 1.82) is 0 Å². The largest absolute Gasteiger partial charge is 0.345 e. The molecule has 1 nitrogen and oxygen atoms in total. The minimum atomic E-state index is 0.569. The van der Waals surface area contributed by atoms with Gasteiger partial charge in [-0.15, -0.1) is 0 Å². The fourth-order valence-electron chi connectivity index (χ4n) is 1.99. The minimum absolute atomic E-state index is 0.569. The molecule has 0 saturated heterocycles. The molecule has 1 aliphatic carbocycles. The van der Waals surface area contributed by atoms with Crippen molar-refractivity contribution in [1.82, 2.24) is 4.98 Å². The fourth-order valence-corrected chi connectivity index (χ4v) is 2.71. The predicted octanol–water partition coefficient (Wildman–Crippen LogP) is 6.12. The van der Waals surface area contributed by atoms with E-state index in [1.807, 2.05) is 62.4 Å². The van der Waals surface area contributed by atoms with Gasteiger partial charge in [0.05, 0.1) is 5.02 Å². The third-order valence-electron chi connectivity index (χ3n) is 2.80. The van der Waals surface area contributed by atoms with Crippen molar-refractivity contribution in [2.45, 2.75) is 13.8 Å². The second kappa shape index (κ2) is 6.14. The lowest BCUT2D eigenvalue weighted by Gasteiger charge is -2.12. The number of benzene rings is 1. The summed E-state index contributed by atoms with van der Waals surface area (Å²) in [7, 11) is 0. The Bertz CT molecular complexity index is 629. The highest BCUT2D eigenvalue weighted by molar-refractivity contribution is 6.40. The van der Waals surface area contributed by atoms with Gasteiger partial charge in [0.2, 0.25) is 0 Å². The molecule has 0 spiro atoms. The second-order valence-electron chi connectivity index (χ2n) is 3.85. The Morgan fingerprint density at radius 2 is 1.53 bits per heavy atom. The van der Waals surface area contributed by atoms with Crippen molar-refractivity contribution in [3.63, 3.8) is 0 Å². The molecule has 1 N–H and O–H groups in total. The summed E-state index contributed by atoms with van der Waals surface area (Å²) >= 11 is 12.7. The number of aromatic nitrogens is 1. The van der Waals surface area contributed by atoms with Crippen LogP contribution in [0.4, 0.5) is 0 Å².